The van der Waals surface area contributed by atoms with Crippen molar-refractivity contribution in [1.29, 1.82) is 0 Å². The molecule has 1 aliphatic carbocycles. The molecule has 0 bridgehead atoms. The quantitative estimate of drug-likeness (QED) is 0.706. The molecule has 0 heterocycles. The van der Waals surface area contributed by atoms with Gasteiger partial charge in [-0.15, -0.1) is 0 Å². The third kappa shape index (κ3) is 3.02. The largest absolute Gasteiger partial charge is 0.391 e. The van der Waals surface area contributed by atoms with Gasteiger partial charge in [-0.25, -0.2) is 8.42 Å². The van der Waals surface area contributed by atoms with Crippen LogP contribution in [-0.4, -0.2) is 20.3 Å². The summed E-state index contributed by atoms with van der Waals surface area (Å²) >= 11 is 0. The normalized spacial score (nSPS) is 33.9. The van der Waals surface area contributed by atoms with Gasteiger partial charge in [-0.3, -0.25) is 0 Å². The number of hydrogen-bond donors (Lipinski definition) is 0. The average molecular weight is 251 g/mol. The van der Waals surface area contributed by atoms with E-state index in [1.165, 1.54) is 6.92 Å². The van der Waals surface area contributed by atoms with Gasteiger partial charge in [-0.2, -0.15) is 13.2 Å². The fourth-order valence-electron chi connectivity index (χ4n) is 1.90. The number of alkyl halides is 3. The molecule has 0 radical (unpaired) electrons. The SMILES string of the molecule is CC1(CS(=O)(=O)Cl)CC(C(F)(F)F)C1. The van der Waals surface area contributed by atoms with Gasteiger partial charge >= 0.3 is 6.18 Å². The molecular formula is C7H10ClF3O2S. The van der Waals surface area contributed by atoms with Gasteiger partial charge in [-0.1, -0.05) is 6.92 Å². The van der Waals surface area contributed by atoms with Crippen molar-refractivity contribution in [2.45, 2.75) is 25.9 Å². The second-order valence-electron chi connectivity index (χ2n) is 4.14. The molecule has 0 N–H and O–H groups in total. The summed E-state index contributed by atoms with van der Waals surface area (Å²) in [5.41, 5.74) is -0.805. The Bertz CT molecular complexity index is 316. The van der Waals surface area contributed by atoms with E-state index in [2.05, 4.69) is 0 Å². The zero-order valence-corrected chi connectivity index (χ0v) is 9.01. The van der Waals surface area contributed by atoms with E-state index in [1.807, 2.05) is 0 Å². The molecule has 1 rings (SSSR count). The van der Waals surface area contributed by atoms with Crippen molar-refractivity contribution in [2.24, 2.45) is 11.3 Å². The molecular weight excluding hydrogens is 241 g/mol. The van der Waals surface area contributed by atoms with Gasteiger partial charge in [0.1, 0.15) is 0 Å². The van der Waals surface area contributed by atoms with Crippen LogP contribution in [0.5, 0.6) is 0 Å². The van der Waals surface area contributed by atoms with Gasteiger partial charge in [-0.05, 0) is 18.3 Å². The smallest absolute Gasteiger partial charge is 0.212 e. The molecule has 0 aliphatic heterocycles. The molecule has 1 fully saturated rings. The highest BCUT2D eigenvalue weighted by molar-refractivity contribution is 8.13. The number of hydrogen-bond acceptors (Lipinski definition) is 2. The molecule has 0 aromatic heterocycles. The minimum atomic E-state index is -4.21. The topological polar surface area (TPSA) is 34.1 Å². The summed E-state index contributed by atoms with van der Waals surface area (Å²) in [7, 11) is 1.28. The van der Waals surface area contributed by atoms with E-state index in [9.17, 15) is 21.6 Å². The Balaban J connectivity index is 2.54. The van der Waals surface area contributed by atoms with Gasteiger partial charge in [0, 0.05) is 10.7 Å². The Morgan fingerprint density at radius 2 is 1.86 bits per heavy atom. The summed E-state index contributed by atoms with van der Waals surface area (Å²) in [5.74, 6) is -1.75. The predicted molar refractivity (Wildman–Crippen MR) is 46.5 cm³/mol. The van der Waals surface area contributed by atoms with Crippen molar-refractivity contribution >= 4 is 19.7 Å². The Kier molecular flexibility index (Phi) is 2.82. The Morgan fingerprint density at radius 3 is 2.14 bits per heavy atom. The Labute approximate surface area is 84.9 Å². The summed E-state index contributed by atoms with van der Waals surface area (Å²) in [6, 6.07) is 0. The second-order valence-corrected chi connectivity index (χ2v) is 6.92. The van der Waals surface area contributed by atoms with Gasteiger partial charge in [0.25, 0.3) is 0 Å². The molecule has 1 saturated carbocycles. The second kappa shape index (κ2) is 3.27. The van der Waals surface area contributed by atoms with E-state index in [4.69, 9.17) is 10.7 Å². The summed E-state index contributed by atoms with van der Waals surface area (Å²) in [6.07, 6.45) is -4.51. The van der Waals surface area contributed by atoms with Crippen LogP contribution in [0, 0.1) is 11.3 Å². The first-order chi connectivity index (χ1) is 6.02. The first-order valence-corrected chi connectivity index (χ1v) is 6.49. The Morgan fingerprint density at radius 1 is 1.43 bits per heavy atom. The number of halogens is 4. The van der Waals surface area contributed by atoms with Crippen LogP contribution in [0.25, 0.3) is 0 Å². The van der Waals surface area contributed by atoms with Crippen molar-refractivity contribution in [3.8, 4) is 0 Å². The van der Waals surface area contributed by atoms with Crippen molar-refractivity contribution in [3.05, 3.63) is 0 Å². The van der Waals surface area contributed by atoms with Crippen LogP contribution < -0.4 is 0 Å². The maximum Gasteiger partial charge on any atom is 0.391 e. The maximum atomic E-state index is 12.1. The lowest BCUT2D eigenvalue weighted by atomic mass is 9.64. The van der Waals surface area contributed by atoms with Crippen LogP contribution in [0.2, 0.25) is 0 Å². The van der Waals surface area contributed by atoms with Crippen molar-refractivity contribution < 1.29 is 21.6 Å². The lowest BCUT2D eigenvalue weighted by molar-refractivity contribution is -0.216. The predicted octanol–water partition coefficient (Wildman–Crippen LogP) is 2.53. The molecule has 14 heavy (non-hydrogen) atoms. The zero-order chi connectivity index (χ0) is 11.2. The fraction of sp³-hybridized carbons (Fsp3) is 1.00. The van der Waals surface area contributed by atoms with Crippen molar-refractivity contribution in [2.75, 3.05) is 5.75 Å². The molecule has 0 saturated heterocycles. The molecule has 0 aromatic carbocycles. The van der Waals surface area contributed by atoms with Crippen LogP contribution in [0.3, 0.4) is 0 Å². The highest BCUT2D eigenvalue weighted by atomic mass is 35.7. The molecule has 0 atom stereocenters. The fourth-order valence-corrected chi connectivity index (χ4v) is 3.75. The van der Waals surface area contributed by atoms with Crippen LogP contribution in [0.15, 0.2) is 0 Å². The van der Waals surface area contributed by atoms with Gasteiger partial charge in [0.15, 0.2) is 0 Å². The van der Waals surface area contributed by atoms with Gasteiger partial charge < -0.3 is 0 Å². The van der Waals surface area contributed by atoms with E-state index >= 15 is 0 Å². The molecule has 84 valence electrons. The summed E-state index contributed by atoms with van der Waals surface area (Å²) in [6.45, 7) is 1.51. The summed E-state index contributed by atoms with van der Waals surface area (Å²) in [4.78, 5) is 0. The van der Waals surface area contributed by atoms with Crippen LogP contribution >= 0.6 is 10.7 Å². The molecule has 7 heteroatoms. The van der Waals surface area contributed by atoms with E-state index in [-0.39, 0.29) is 18.6 Å². The van der Waals surface area contributed by atoms with Crippen LogP contribution in [0.1, 0.15) is 19.8 Å². The van der Waals surface area contributed by atoms with E-state index in [1.54, 1.807) is 0 Å². The molecule has 2 nitrogen and oxygen atoms in total. The van der Waals surface area contributed by atoms with Crippen molar-refractivity contribution in [1.82, 2.24) is 0 Å². The zero-order valence-electron chi connectivity index (χ0n) is 7.44. The van der Waals surface area contributed by atoms with Crippen LogP contribution in [-0.2, 0) is 9.05 Å². The molecule has 0 amide bonds. The monoisotopic (exact) mass is 250 g/mol. The standard InChI is InChI=1S/C7H10ClF3O2S/c1-6(4-14(8,12)13)2-5(3-6)7(9,10)11/h5H,2-4H2,1H3. The Hall–Kier alpha value is 0.0300. The summed E-state index contributed by atoms with van der Waals surface area (Å²) < 4.78 is 57.6. The molecule has 0 aromatic rings. The van der Waals surface area contributed by atoms with E-state index < -0.39 is 26.6 Å². The van der Waals surface area contributed by atoms with Crippen molar-refractivity contribution in [3.63, 3.8) is 0 Å². The maximum absolute atomic E-state index is 12.1. The minimum absolute atomic E-state index is 0.150. The highest BCUT2D eigenvalue weighted by Crippen LogP contribution is 2.53. The molecule has 0 unspecified atom stereocenters. The first-order valence-electron chi connectivity index (χ1n) is 4.01. The van der Waals surface area contributed by atoms with Gasteiger partial charge in [0.2, 0.25) is 9.05 Å². The van der Waals surface area contributed by atoms with Crippen LogP contribution in [0.4, 0.5) is 13.2 Å². The lowest BCUT2D eigenvalue weighted by Gasteiger charge is -2.45. The highest BCUT2D eigenvalue weighted by Gasteiger charge is 2.54. The van der Waals surface area contributed by atoms with E-state index in [0.29, 0.717) is 0 Å². The lowest BCUT2D eigenvalue weighted by Crippen LogP contribution is -2.45. The van der Waals surface area contributed by atoms with E-state index in [0.717, 1.165) is 0 Å². The summed E-state index contributed by atoms with van der Waals surface area (Å²) in [5, 5.41) is 0. The third-order valence-corrected chi connectivity index (χ3v) is 3.83. The molecule has 0 spiro atoms. The third-order valence-electron chi connectivity index (χ3n) is 2.46. The van der Waals surface area contributed by atoms with Gasteiger partial charge in [0.05, 0.1) is 11.7 Å². The average Bonchev–Trinajstić information content (AvgIpc) is 1.75. The molecule has 1 aliphatic rings. The minimum Gasteiger partial charge on any atom is -0.212 e. The number of rotatable bonds is 2. The first kappa shape index (κ1) is 12.1.